The monoisotopic (exact) mass is 283 g/mol. The van der Waals surface area contributed by atoms with Crippen LogP contribution in [0.3, 0.4) is 0 Å². The van der Waals surface area contributed by atoms with E-state index in [2.05, 4.69) is 39.9 Å². The average Bonchev–Trinajstić information content (AvgIpc) is 2.28. The zero-order valence-electron chi connectivity index (χ0n) is 12.9. The number of nitrogens with one attached hydrogen (secondary N) is 1. The molecule has 0 bridgehead atoms. The van der Waals surface area contributed by atoms with Crippen molar-refractivity contribution in [3.05, 3.63) is 28.8 Å². The zero-order chi connectivity index (χ0) is 14.7. The van der Waals surface area contributed by atoms with E-state index >= 15 is 0 Å². The molecule has 0 spiro atoms. The normalized spacial score (nSPS) is 12.6. The summed E-state index contributed by atoms with van der Waals surface area (Å²) in [7, 11) is 0. The summed E-state index contributed by atoms with van der Waals surface area (Å²) >= 11 is 6.01. The number of rotatable bonds is 5. The Balaban J connectivity index is 2.52. The predicted molar refractivity (Wildman–Crippen MR) is 83.2 cm³/mol. The first kappa shape index (κ1) is 16.3. The lowest BCUT2D eigenvalue weighted by Crippen LogP contribution is -2.43. The first-order chi connectivity index (χ1) is 8.59. The molecule has 0 aromatic heterocycles. The third-order valence-corrected chi connectivity index (χ3v) is 3.28. The topological polar surface area (TPSA) is 21.3 Å². The van der Waals surface area contributed by atoms with Crippen molar-refractivity contribution < 1.29 is 4.74 Å². The van der Waals surface area contributed by atoms with Gasteiger partial charge in [0, 0.05) is 22.5 Å². The molecule has 3 heteroatoms. The van der Waals surface area contributed by atoms with Crippen LogP contribution in [0, 0.1) is 12.3 Å². The van der Waals surface area contributed by atoms with Gasteiger partial charge in [0.2, 0.25) is 0 Å². The van der Waals surface area contributed by atoms with Crippen LogP contribution in [0.2, 0.25) is 5.02 Å². The molecule has 0 radical (unpaired) electrons. The van der Waals surface area contributed by atoms with Gasteiger partial charge in [0.05, 0.1) is 6.61 Å². The summed E-state index contributed by atoms with van der Waals surface area (Å²) in [6.07, 6.45) is 0. The first-order valence-corrected chi connectivity index (χ1v) is 7.11. The van der Waals surface area contributed by atoms with Crippen molar-refractivity contribution in [3.63, 3.8) is 0 Å². The highest BCUT2D eigenvalue weighted by molar-refractivity contribution is 6.31. The molecule has 0 heterocycles. The lowest BCUT2D eigenvalue weighted by Gasteiger charge is -2.30. The average molecular weight is 284 g/mol. The van der Waals surface area contributed by atoms with Crippen molar-refractivity contribution in [2.75, 3.05) is 13.2 Å². The van der Waals surface area contributed by atoms with Crippen molar-refractivity contribution in [1.82, 2.24) is 5.32 Å². The quantitative estimate of drug-likeness (QED) is 0.862. The van der Waals surface area contributed by atoms with Gasteiger partial charge in [0.1, 0.15) is 5.75 Å². The van der Waals surface area contributed by atoms with E-state index in [1.165, 1.54) is 0 Å². The molecule has 1 aromatic carbocycles. The summed E-state index contributed by atoms with van der Waals surface area (Å²) in [6, 6.07) is 5.78. The van der Waals surface area contributed by atoms with Gasteiger partial charge in [-0.1, -0.05) is 25.4 Å². The molecular formula is C16H26ClNO. The maximum atomic E-state index is 6.01. The van der Waals surface area contributed by atoms with Crippen LogP contribution in [0.5, 0.6) is 5.75 Å². The molecule has 0 atom stereocenters. The van der Waals surface area contributed by atoms with E-state index in [1.54, 1.807) is 0 Å². The first-order valence-electron chi connectivity index (χ1n) is 6.73. The van der Waals surface area contributed by atoms with Crippen LogP contribution in [0.25, 0.3) is 0 Å². The fraction of sp³-hybridized carbons (Fsp3) is 0.625. The molecular weight excluding hydrogens is 258 g/mol. The van der Waals surface area contributed by atoms with Gasteiger partial charge in [-0.15, -0.1) is 0 Å². The molecule has 0 saturated heterocycles. The number of aryl methyl sites for hydroxylation is 1. The second kappa shape index (κ2) is 6.15. The Morgan fingerprint density at radius 3 is 2.32 bits per heavy atom. The number of hydrogen-bond donors (Lipinski definition) is 1. The maximum absolute atomic E-state index is 6.01. The fourth-order valence-electron chi connectivity index (χ4n) is 1.54. The molecule has 0 aliphatic rings. The van der Waals surface area contributed by atoms with Crippen molar-refractivity contribution in [1.29, 1.82) is 0 Å². The molecule has 19 heavy (non-hydrogen) atoms. The SMILES string of the molecule is Cc1cc(OCC(C)(C)CNC(C)(C)C)ccc1Cl. The van der Waals surface area contributed by atoms with Gasteiger partial charge in [0.25, 0.3) is 0 Å². The van der Waals surface area contributed by atoms with E-state index in [1.807, 2.05) is 25.1 Å². The Hall–Kier alpha value is -0.730. The standard InChI is InChI=1S/C16H26ClNO/c1-12-9-13(7-8-14(12)17)19-11-16(5,6)10-18-15(2,3)4/h7-9,18H,10-11H2,1-6H3. The second-order valence-electron chi connectivity index (χ2n) is 6.97. The summed E-state index contributed by atoms with van der Waals surface area (Å²) in [5.74, 6) is 0.880. The smallest absolute Gasteiger partial charge is 0.119 e. The number of benzene rings is 1. The molecule has 108 valence electrons. The third-order valence-electron chi connectivity index (χ3n) is 2.86. The summed E-state index contributed by atoms with van der Waals surface area (Å²) in [6.45, 7) is 14.5. The van der Waals surface area contributed by atoms with Crippen LogP contribution in [0.4, 0.5) is 0 Å². The molecule has 1 rings (SSSR count). The highest BCUT2D eigenvalue weighted by atomic mass is 35.5. The Kier molecular flexibility index (Phi) is 5.28. The summed E-state index contributed by atoms with van der Waals surface area (Å²) in [5, 5.41) is 4.30. The van der Waals surface area contributed by atoms with E-state index in [4.69, 9.17) is 16.3 Å². The lowest BCUT2D eigenvalue weighted by atomic mass is 9.93. The van der Waals surface area contributed by atoms with E-state index in [0.29, 0.717) is 6.61 Å². The van der Waals surface area contributed by atoms with Crippen LogP contribution in [-0.4, -0.2) is 18.7 Å². The van der Waals surface area contributed by atoms with Crippen molar-refractivity contribution in [2.45, 2.75) is 47.1 Å². The zero-order valence-corrected chi connectivity index (χ0v) is 13.7. The largest absolute Gasteiger partial charge is 0.493 e. The highest BCUT2D eigenvalue weighted by Crippen LogP contribution is 2.23. The summed E-state index contributed by atoms with van der Waals surface area (Å²) in [4.78, 5) is 0. The van der Waals surface area contributed by atoms with E-state index in [-0.39, 0.29) is 11.0 Å². The van der Waals surface area contributed by atoms with Crippen molar-refractivity contribution in [2.24, 2.45) is 5.41 Å². The van der Waals surface area contributed by atoms with E-state index in [9.17, 15) is 0 Å². The Bertz CT molecular complexity index is 421. The van der Waals surface area contributed by atoms with Crippen LogP contribution < -0.4 is 10.1 Å². The number of hydrogen-bond acceptors (Lipinski definition) is 2. The van der Waals surface area contributed by atoms with Crippen molar-refractivity contribution in [3.8, 4) is 5.75 Å². The van der Waals surface area contributed by atoms with Gasteiger partial charge >= 0.3 is 0 Å². The minimum atomic E-state index is 0.0841. The molecule has 0 aliphatic carbocycles. The van der Waals surface area contributed by atoms with Gasteiger partial charge < -0.3 is 10.1 Å². The molecule has 0 unspecified atom stereocenters. The highest BCUT2D eigenvalue weighted by Gasteiger charge is 2.21. The third kappa shape index (κ3) is 6.31. The van der Waals surface area contributed by atoms with Crippen LogP contribution in [-0.2, 0) is 0 Å². The molecule has 0 fully saturated rings. The minimum absolute atomic E-state index is 0.0841. The van der Waals surface area contributed by atoms with Crippen molar-refractivity contribution >= 4 is 11.6 Å². The molecule has 0 amide bonds. The van der Waals surface area contributed by atoms with E-state index in [0.717, 1.165) is 22.9 Å². The summed E-state index contributed by atoms with van der Waals surface area (Å²) < 4.78 is 5.87. The molecule has 1 aromatic rings. The molecule has 1 N–H and O–H groups in total. The molecule has 0 aliphatic heterocycles. The number of halogens is 1. The Morgan fingerprint density at radius 2 is 1.79 bits per heavy atom. The van der Waals surface area contributed by atoms with Crippen LogP contribution in [0.1, 0.15) is 40.2 Å². The van der Waals surface area contributed by atoms with Crippen LogP contribution >= 0.6 is 11.6 Å². The number of ether oxygens (including phenoxy) is 1. The van der Waals surface area contributed by atoms with Gasteiger partial charge in [-0.25, -0.2) is 0 Å². The van der Waals surface area contributed by atoms with Gasteiger partial charge in [-0.2, -0.15) is 0 Å². The van der Waals surface area contributed by atoms with Gasteiger partial charge in [-0.05, 0) is 51.5 Å². The molecule has 2 nitrogen and oxygen atoms in total. The molecule has 0 saturated carbocycles. The Labute approximate surface area is 122 Å². The van der Waals surface area contributed by atoms with Gasteiger partial charge in [0.15, 0.2) is 0 Å². The minimum Gasteiger partial charge on any atom is -0.493 e. The fourth-order valence-corrected chi connectivity index (χ4v) is 1.66. The van der Waals surface area contributed by atoms with Crippen LogP contribution in [0.15, 0.2) is 18.2 Å². The van der Waals surface area contributed by atoms with E-state index < -0.39 is 0 Å². The van der Waals surface area contributed by atoms with Gasteiger partial charge in [-0.3, -0.25) is 0 Å². The second-order valence-corrected chi connectivity index (χ2v) is 7.37. The predicted octanol–water partition coefficient (Wildman–Crippen LogP) is 4.44. The summed E-state index contributed by atoms with van der Waals surface area (Å²) in [5.41, 5.74) is 1.26. The Morgan fingerprint density at radius 1 is 1.16 bits per heavy atom. The maximum Gasteiger partial charge on any atom is 0.119 e. The lowest BCUT2D eigenvalue weighted by molar-refractivity contribution is 0.166.